The van der Waals surface area contributed by atoms with E-state index in [1.807, 2.05) is 63.2 Å². The first-order chi connectivity index (χ1) is 19.9. The first-order valence-corrected chi connectivity index (χ1v) is 16.6. The maximum Gasteiger partial charge on any atom is 0.243 e. The number of carbonyl (C=O) groups is 2. The average Bonchev–Trinajstić information content (AvgIpc) is 2.95. The van der Waals surface area contributed by atoms with Gasteiger partial charge in [0.05, 0.1) is 11.9 Å². The molecular weight excluding hydrogens is 593 g/mol. The topological polar surface area (TPSA) is 86.8 Å². The van der Waals surface area contributed by atoms with Crippen molar-refractivity contribution in [2.75, 3.05) is 17.1 Å². The highest BCUT2D eigenvalue weighted by Crippen LogP contribution is 2.27. The van der Waals surface area contributed by atoms with Crippen LogP contribution in [0.25, 0.3) is 0 Å². The zero-order valence-electron chi connectivity index (χ0n) is 24.5. The van der Waals surface area contributed by atoms with Crippen molar-refractivity contribution in [1.82, 2.24) is 10.2 Å². The first-order valence-electron chi connectivity index (χ1n) is 14.0. The molecule has 42 heavy (non-hydrogen) atoms. The number of nitrogens with one attached hydrogen (secondary N) is 1. The van der Waals surface area contributed by atoms with Gasteiger partial charge in [-0.3, -0.25) is 13.9 Å². The number of rotatable bonds is 14. The van der Waals surface area contributed by atoms with Crippen LogP contribution in [0.2, 0.25) is 10.0 Å². The molecule has 0 aliphatic carbocycles. The molecule has 2 unspecified atom stereocenters. The van der Waals surface area contributed by atoms with Crippen LogP contribution in [0.15, 0.2) is 72.8 Å². The summed E-state index contributed by atoms with van der Waals surface area (Å²) in [5, 5.41) is 4.05. The minimum atomic E-state index is -3.64. The molecule has 0 saturated heterocycles. The fraction of sp³-hybridized carbons (Fsp3) is 0.375. The smallest absolute Gasteiger partial charge is 0.243 e. The Labute approximate surface area is 259 Å². The zero-order chi connectivity index (χ0) is 30.9. The van der Waals surface area contributed by atoms with Crippen molar-refractivity contribution >= 4 is 50.7 Å². The summed E-state index contributed by atoms with van der Waals surface area (Å²) in [6.45, 7) is 6.02. The third-order valence-electron chi connectivity index (χ3n) is 7.13. The van der Waals surface area contributed by atoms with Crippen molar-refractivity contribution < 1.29 is 18.0 Å². The van der Waals surface area contributed by atoms with Crippen LogP contribution in [-0.4, -0.2) is 50.0 Å². The van der Waals surface area contributed by atoms with E-state index >= 15 is 0 Å². The summed E-state index contributed by atoms with van der Waals surface area (Å²) in [5.74, 6) is -0.482. The van der Waals surface area contributed by atoms with E-state index in [2.05, 4.69) is 5.32 Å². The van der Waals surface area contributed by atoms with E-state index in [1.165, 1.54) is 4.31 Å². The van der Waals surface area contributed by atoms with Crippen LogP contribution in [0.5, 0.6) is 0 Å². The van der Waals surface area contributed by atoms with Gasteiger partial charge in [0.1, 0.15) is 6.04 Å². The van der Waals surface area contributed by atoms with Crippen LogP contribution in [0.3, 0.4) is 0 Å². The molecule has 0 aromatic heterocycles. The zero-order valence-corrected chi connectivity index (χ0v) is 26.8. The highest BCUT2D eigenvalue weighted by Gasteiger charge is 2.31. The second kappa shape index (κ2) is 15.4. The number of anilines is 1. The van der Waals surface area contributed by atoms with Gasteiger partial charge < -0.3 is 10.2 Å². The molecule has 3 aromatic carbocycles. The molecule has 226 valence electrons. The van der Waals surface area contributed by atoms with E-state index in [0.29, 0.717) is 22.2 Å². The summed E-state index contributed by atoms with van der Waals surface area (Å²) in [5.41, 5.74) is 2.99. The molecule has 2 atom stereocenters. The lowest BCUT2D eigenvalue weighted by Gasteiger charge is -2.33. The molecule has 3 aromatic rings. The molecule has 3 rings (SSSR count). The second-order valence-electron chi connectivity index (χ2n) is 10.5. The Kier molecular flexibility index (Phi) is 12.3. The Balaban J connectivity index is 1.90. The minimum Gasteiger partial charge on any atom is -0.352 e. The van der Waals surface area contributed by atoms with Crippen molar-refractivity contribution in [3.8, 4) is 0 Å². The molecule has 0 bridgehead atoms. The number of benzene rings is 3. The van der Waals surface area contributed by atoms with Crippen LogP contribution in [0.4, 0.5) is 5.69 Å². The quantitative estimate of drug-likeness (QED) is 0.223. The number of carbonyl (C=O) groups excluding carboxylic acids is 2. The molecule has 0 aliphatic rings. The fourth-order valence-corrected chi connectivity index (χ4v) is 5.92. The summed E-state index contributed by atoms with van der Waals surface area (Å²) in [7, 11) is -3.64. The van der Waals surface area contributed by atoms with Crippen molar-refractivity contribution in [1.29, 1.82) is 0 Å². The van der Waals surface area contributed by atoms with Crippen molar-refractivity contribution in [2.24, 2.45) is 0 Å². The van der Waals surface area contributed by atoms with Crippen molar-refractivity contribution in [2.45, 2.75) is 65.1 Å². The van der Waals surface area contributed by atoms with Crippen LogP contribution in [0.1, 0.15) is 49.8 Å². The fourth-order valence-electron chi connectivity index (χ4n) is 4.62. The van der Waals surface area contributed by atoms with E-state index in [1.54, 1.807) is 35.2 Å². The number of nitrogens with zero attached hydrogens (tertiary/aromatic N) is 2. The Bertz CT molecular complexity index is 1450. The van der Waals surface area contributed by atoms with Crippen LogP contribution < -0.4 is 9.62 Å². The first kappa shape index (κ1) is 33.4. The SMILES string of the molecule is CCC(C)NC(=O)C(Cc1ccccc1)N(Cc1ccc(Cl)cc1)C(=O)CCCN(c1cc(Cl)ccc1C)S(C)(=O)=O. The predicted octanol–water partition coefficient (Wildman–Crippen LogP) is 6.40. The van der Waals surface area contributed by atoms with Gasteiger partial charge in [0.2, 0.25) is 21.8 Å². The lowest BCUT2D eigenvalue weighted by molar-refractivity contribution is -0.141. The molecule has 7 nitrogen and oxygen atoms in total. The molecule has 0 spiro atoms. The molecular formula is C32H39Cl2N3O4S. The van der Waals surface area contributed by atoms with Crippen molar-refractivity contribution in [3.05, 3.63) is 99.5 Å². The van der Waals surface area contributed by atoms with E-state index in [0.717, 1.165) is 29.4 Å². The predicted molar refractivity (Wildman–Crippen MR) is 171 cm³/mol. The van der Waals surface area contributed by atoms with Gasteiger partial charge in [-0.1, -0.05) is 78.7 Å². The van der Waals surface area contributed by atoms with Gasteiger partial charge in [-0.25, -0.2) is 8.42 Å². The minimum absolute atomic E-state index is 0.0428. The van der Waals surface area contributed by atoms with Crippen LogP contribution >= 0.6 is 23.2 Å². The Morgan fingerprint density at radius 3 is 2.19 bits per heavy atom. The molecule has 2 amide bonds. The second-order valence-corrected chi connectivity index (χ2v) is 13.3. The van der Waals surface area contributed by atoms with E-state index in [9.17, 15) is 18.0 Å². The van der Waals surface area contributed by atoms with Crippen LogP contribution in [-0.2, 0) is 32.6 Å². The molecule has 0 heterocycles. The number of hydrogen-bond donors (Lipinski definition) is 1. The Hall–Kier alpha value is -3.07. The number of halogens is 2. The van der Waals surface area contributed by atoms with Gasteiger partial charge in [-0.05, 0) is 67.6 Å². The average molecular weight is 633 g/mol. The number of amides is 2. The van der Waals surface area contributed by atoms with Gasteiger partial charge in [-0.2, -0.15) is 0 Å². The van der Waals surface area contributed by atoms with Gasteiger partial charge in [0, 0.05) is 42.0 Å². The summed E-state index contributed by atoms with van der Waals surface area (Å²) < 4.78 is 26.7. The lowest BCUT2D eigenvalue weighted by atomic mass is 10.0. The van der Waals surface area contributed by atoms with Gasteiger partial charge in [-0.15, -0.1) is 0 Å². The monoisotopic (exact) mass is 631 g/mol. The maximum atomic E-state index is 13.9. The maximum absolute atomic E-state index is 13.9. The molecule has 0 saturated carbocycles. The summed E-state index contributed by atoms with van der Waals surface area (Å²) in [6.07, 6.45) is 2.51. The van der Waals surface area contributed by atoms with E-state index in [4.69, 9.17) is 23.2 Å². The lowest BCUT2D eigenvalue weighted by Crippen LogP contribution is -2.52. The largest absolute Gasteiger partial charge is 0.352 e. The highest BCUT2D eigenvalue weighted by atomic mass is 35.5. The Morgan fingerprint density at radius 1 is 0.929 bits per heavy atom. The Morgan fingerprint density at radius 2 is 1.57 bits per heavy atom. The summed E-state index contributed by atoms with van der Waals surface area (Å²) >= 11 is 12.3. The number of hydrogen-bond acceptors (Lipinski definition) is 4. The third-order valence-corrected chi connectivity index (χ3v) is 8.80. The number of aryl methyl sites for hydroxylation is 1. The summed E-state index contributed by atoms with van der Waals surface area (Å²) in [6, 6.07) is 21.0. The van der Waals surface area contributed by atoms with Gasteiger partial charge >= 0.3 is 0 Å². The van der Waals surface area contributed by atoms with Gasteiger partial charge in [0.15, 0.2) is 0 Å². The van der Waals surface area contributed by atoms with E-state index < -0.39 is 16.1 Å². The van der Waals surface area contributed by atoms with Crippen molar-refractivity contribution in [3.63, 3.8) is 0 Å². The standard InChI is InChI=1S/C32H39Cl2N3O4S/c1-5-24(3)35-32(39)30(20-25-10-7-6-8-11-25)36(22-26-14-17-27(33)18-15-26)31(38)12-9-19-37(42(4,40)41)29-21-28(34)16-13-23(29)2/h6-8,10-11,13-18,21,24,30H,5,9,12,19-20,22H2,1-4H3,(H,35,39). The van der Waals surface area contributed by atoms with E-state index in [-0.39, 0.29) is 43.8 Å². The molecule has 10 heteroatoms. The molecule has 1 N–H and O–H groups in total. The summed E-state index contributed by atoms with van der Waals surface area (Å²) in [4.78, 5) is 29.2. The van der Waals surface area contributed by atoms with Gasteiger partial charge in [0.25, 0.3) is 0 Å². The normalized spacial score (nSPS) is 12.8. The van der Waals surface area contributed by atoms with Crippen LogP contribution in [0, 0.1) is 6.92 Å². The molecule has 0 radical (unpaired) electrons. The number of sulfonamides is 1. The molecule has 0 aliphatic heterocycles. The highest BCUT2D eigenvalue weighted by molar-refractivity contribution is 7.92. The molecule has 0 fully saturated rings. The third kappa shape index (κ3) is 9.75.